The lowest BCUT2D eigenvalue weighted by Crippen LogP contribution is -3.10. The molecule has 0 spiro atoms. The molecule has 1 heterocycles. The fourth-order valence-corrected chi connectivity index (χ4v) is 4.00. The maximum absolute atomic E-state index is 12.8. The molecule has 2 aromatic carbocycles. The van der Waals surface area contributed by atoms with Gasteiger partial charge in [-0.25, -0.2) is 0 Å². The lowest BCUT2D eigenvalue weighted by molar-refractivity contribution is -0.914. The SMILES string of the molecule is CCC[NH+](CCC)Cc1c([O-])ccc2c1O/C(=C\c1c(Cl)cccc1Cl)C2=O. The van der Waals surface area contributed by atoms with Crippen LogP contribution in [0.2, 0.25) is 10.0 Å². The number of ether oxygens (including phenoxy) is 1. The minimum atomic E-state index is -0.264. The van der Waals surface area contributed by atoms with Crippen LogP contribution >= 0.6 is 23.2 Å². The molecule has 1 aliphatic heterocycles. The highest BCUT2D eigenvalue weighted by molar-refractivity contribution is 6.37. The van der Waals surface area contributed by atoms with Gasteiger partial charge in [-0.05, 0) is 37.1 Å². The normalized spacial score (nSPS) is 14.6. The van der Waals surface area contributed by atoms with Gasteiger partial charge in [0.15, 0.2) is 5.76 Å². The van der Waals surface area contributed by atoms with Gasteiger partial charge in [0, 0.05) is 21.2 Å². The van der Waals surface area contributed by atoms with E-state index in [1.54, 1.807) is 24.3 Å². The predicted molar refractivity (Wildman–Crippen MR) is 110 cm³/mol. The highest BCUT2D eigenvalue weighted by atomic mass is 35.5. The first kappa shape index (κ1) is 20.7. The number of quaternary nitrogens is 1. The van der Waals surface area contributed by atoms with Gasteiger partial charge in [-0.1, -0.05) is 54.9 Å². The lowest BCUT2D eigenvalue weighted by Gasteiger charge is -2.23. The van der Waals surface area contributed by atoms with Crippen molar-refractivity contribution < 1.29 is 19.5 Å². The van der Waals surface area contributed by atoms with E-state index in [-0.39, 0.29) is 17.3 Å². The molecular formula is C22H23Cl2NO3. The first-order chi connectivity index (χ1) is 13.5. The molecule has 6 heteroatoms. The lowest BCUT2D eigenvalue weighted by atomic mass is 10.0. The number of halogens is 2. The monoisotopic (exact) mass is 419 g/mol. The van der Waals surface area contributed by atoms with Crippen molar-refractivity contribution in [2.24, 2.45) is 0 Å². The Hall–Kier alpha value is -2.01. The second-order valence-electron chi connectivity index (χ2n) is 6.92. The van der Waals surface area contributed by atoms with E-state index in [2.05, 4.69) is 13.8 Å². The van der Waals surface area contributed by atoms with E-state index in [0.717, 1.165) is 25.9 Å². The van der Waals surface area contributed by atoms with Crippen molar-refractivity contribution in [1.29, 1.82) is 0 Å². The van der Waals surface area contributed by atoms with Gasteiger partial charge in [0.1, 0.15) is 12.3 Å². The number of nitrogens with one attached hydrogen (secondary N) is 1. The number of carbonyl (C=O) groups excluding carboxylic acids is 1. The molecule has 0 saturated heterocycles. The standard InChI is InChI=1S/C22H23Cl2NO3/c1-3-10-25(11-4-2)13-16-19(26)9-8-14-21(27)20(28-22(14)16)12-15-17(23)6-5-7-18(15)24/h5-9,12,26H,3-4,10-11,13H2,1-2H3/b20-12-. The number of allylic oxidation sites excluding steroid dienone is 1. The Bertz CT molecular complexity index is 898. The van der Waals surface area contributed by atoms with E-state index in [1.807, 2.05) is 0 Å². The number of ketones is 1. The molecule has 0 saturated carbocycles. The Balaban J connectivity index is 1.98. The third-order valence-corrected chi connectivity index (χ3v) is 5.47. The molecule has 0 bridgehead atoms. The van der Waals surface area contributed by atoms with E-state index in [0.29, 0.717) is 39.0 Å². The maximum atomic E-state index is 12.8. The van der Waals surface area contributed by atoms with Gasteiger partial charge in [0.05, 0.1) is 18.7 Å². The second-order valence-corrected chi connectivity index (χ2v) is 7.74. The number of fused-ring (bicyclic) bond motifs is 1. The summed E-state index contributed by atoms with van der Waals surface area (Å²) in [4.78, 5) is 14.1. The van der Waals surface area contributed by atoms with Gasteiger partial charge in [0.25, 0.3) is 0 Å². The molecule has 1 N–H and O–H groups in total. The van der Waals surface area contributed by atoms with E-state index in [4.69, 9.17) is 27.9 Å². The molecule has 0 aromatic heterocycles. The summed E-state index contributed by atoms with van der Waals surface area (Å²) < 4.78 is 5.88. The Labute approximate surface area is 175 Å². The van der Waals surface area contributed by atoms with Crippen LogP contribution in [0.15, 0.2) is 36.1 Å². The molecule has 0 atom stereocenters. The van der Waals surface area contributed by atoms with Crippen LogP contribution < -0.4 is 14.7 Å². The summed E-state index contributed by atoms with van der Waals surface area (Å²) in [5.74, 6) is 0.133. The molecular weight excluding hydrogens is 397 g/mol. The quantitative estimate of drug-likeness (QED) is 0.692. The van der Waals surface area contributed by atoms with E-state index in [1.165, 1.54) is 17.0 Å². The van der Waals surface area contributed by atoms with Crippen molar-refractivity contribution in [3.63, 3.8) is 0 Å². The van der Waals surface area contributed by atoms with Crippen LogP contribution in [0, 0.1) is 0 Å². The van der Waals surface area contributed by atoms with Crippen LogP contribution in [-0.2, 0) is 6.54 Å². The molecule has 3 rings (SSSR count). The van der Waals surface area contributed by atoms with Gasteiger partial charge in [-0.3, -0.25) is 4.79 Å². The topological polar surface area (TPSA) is 53.8 Å². The first-order valence-corrected chi connectivity index (χ1v) is 10.3. The van der Waals surface area contributed by atoms with Gasteiger partial charge >= 0.3 is 0 Å². The van der Waals surface area contributed by atoms with Crippen molar-refractivity contribution in [3.8, 4) is 11.5 Å². The van der Waals surface area contributed by atoms with E-state index in [9.17, 15) is 9.90 Å². The summed E-state index contributed by atoms with van der Waals surface area (Å²) in [5, 5.41) is 13.4. The number of carbonyl (C=O) groups is 1. The van der Waals surface area contributed by atoms with Crippen LogP contribution in [0.25, 0.3) is 6.08 Å². The molecule has 0 amide bonds. The number of benzene rings is 2. The molecule has 148 valence electrons. The molecule has 2 aromatic rings. The highest BCUT2D eigenvalue weighted by Gasteiger charge is 2.31. The van der Waals surface area contributed by atoms with Crippen LogP contribution in [0.5, 0.6) is 11.5 Å². The average Bonchev–Trinajstić information content (AvgIpc) is 2.97. The molecule has 4 nitrogen and oxygen atoms in total. The molecule has 0 unspecified atom stereocenters. The largest absolute Gasteiger partial charge is 0.872 e. The molecule has 0 radical (unpaired) electrons. The highest BCUT2D eigenvalue weighted by Crippen LogP contribution is 2.39. The van der Waals surface area contributed by atoms with E-state index < -0.39 is 0 Å². The number of Topliss-reactive ketones (excluding diaryl/α,β-unsaturated/α-hetero) is 1. The number of hydrogen-bond acceptors (Lipinski definition) is 3. The zero-order valence-corrected chi connectivity index (χ0v) is 17.5. The van der Waals surface area contributed by atoms with Crippen molar-refractivity contribution in [3.05, 3.63) is 62.8 Å². The van der Waals surface area contributed by atoms with Gasteiger partial charge < -0.3 is 14.7 Å². The van der Waals surface area contributed by atoms with Crippen molar-refractivity contribution in [1.82, 2.24) is 0 Å². The minimum absolute atomic E-state index is 0.103. The second kappa shape index (κ2) is 8.99. The summed E-state index contributed by atoms with van der Waals surface area (Å²) in [7, 11) is 0. The average molecular weight is 420 g/mol. The van der Waals surface area contributed by atoms with Crippen LogP contribution in [0.4, 0.5) is 0 Å². The van der Waals surface area contributed by atoms with Crippen LogP contribution in [0.3, 0.4) is 0 Å². The van der Waals surface area contributed by atoms with Crippen LogP contribution in [0.1, 0.15) is 48.2 Å². The number of rotatable bonds is 7. The summed E-state index contributed by atoms with van der Waals surface area (Å²) >= 11 is 12.4. The van der Waals surface area contributed by atoms with Gasteiger partial charge in [-0.15, -0.1) is 0 Å². The van der Waals surface area contributed by atoms with Gasteiger partial charge in [0.2, 0.25) is 5.78 Å². The first-order valence-electron chi connectivity index (χ1n) is 9.50. The van der Waals surface area contributed by atoms with Crippen molar-refractivity contribution in [2.45, 2.75) is 33.2 Å². The predicted octanol–water partition coefficient (Wildman–Crippen LogP) is 3.89. The summed E-state index contributed by atoms with van der Waals surface area (Å²) in [6.07, 6.45) is 3.59. The van der Waals surface area contributed by atoms with E-state index >= 15 is 0 Å². The third-order valence-electron chi connectivity index (χ3n) is 4.81. The number of hydrogen-bond donors (Lipinski definition) is 1. The summed E-state index contributed by atoms with van der Waals surface area (Å²) in [5.41, 5.74) is 1.49. The van der Waals surface area contributed by atoms with Crippen molar-refractivity contribution in [2.75, 3.05) is 13.1 Å². The summed E-state index contributed by atoms with van der Waals surface area (Å²) in [6, 6.07) is 8.13. The fraction of sp³-hybridized carbons (Fsp3) is 0.318. The molecule has 1 aliphatic rings. The Morgan fingerprint density at radius 1 is 1.07 bits per heavy atom. The Morgan fingerprint density at radius 2 is 1.71 bits per heavy atom. The van der Waals surface area contributed by atoms with Crippen molar-refractivity contribution >= 4 is 35.1 Å². The third kappa shape index (κ3) is 4.19. The molecule has 28 heavy (non-hydrogen) atoms. The minimum Gasteiger partial charge on any atom is -0.872 e. The Morgan fingerprint density at radius 3 is 2.32 bits per heavy atom. The van der Waals surface area contributed by atoms with Gasteiger partial charge in [-0.2, -0.15) is 0 Å². The zero-order valence-electron chi connectivity index (χ0n) is 16.0. The smallest absolute Gasteiger partial charge is 0.231 e. The Kier molecular flexibility index (Phi) is 6.65. The molecule has 0 aliphatic carbocycles. The zero-order chi connectivity index (χ0) is 20.3. The summed E-state index contributed by atoms with van der Waals surface area (Å²) in [6.45, 7) is 6.71. The maximum Gasteiger partial charge on any atom is 0.231 e. The fourth-order valence-electron chi connectivity index (χ4n) is 3.50. The van der Waals surface area contributed by atoms with Crippen LogP contribution in [-0.4, -0.2) is 18.9 Å². The molecule has 0 fully saturated rings.